The van der Waals surface area contributed by atoms with Gasteiger partial charge in [-0.05, 0) is 31.6 Å². The van der Waals surface area contributed by atoms with Gasteiger partial charge in [0.15, 0.2) is 0 Å². The highest BCUT2D eigenvalue weighted by Crippen LogP contribution is 2.30. The summed E-state index contributed by atoms with van der Waals surface area (Å²) in [5.41, 5.74) is 0. The molecule has 0 saturated heterocycles. The monoisotopic (exact) mass is 238 g/mol. The van der Waals surface area contributed by atoms with Gasteiger partial charge in [-0.25, -0.2) is 0 Å². The third-order valence-corrected chi connectivity index (χ3v) is 4.10. The minimum atomic E-state index is 0.567. The van der Waals surface area contributed by atoms with Gasteiger partial charge < -0.3 is 10.1 Å². The molecule has 2 atom stereocenters. The van der Waals surface area contributed by atoms with Crippen LogP contribution in [0.3, 0.4) is 0 Å². The summed E-state index contributed by atoms with van der Waals surface area (Å²) in [7, 11) is 1.64. The molecule has 16 heavy (non-hydrogen) atoms. The number of methoxy groups -OCH3 is 1. The second kappa shape index (κ2) is 5.43. The van der Waals surface area contributed by atoms with Crippen LogP contribution in [0, 0.1) is 0 Å². The molecule has 1 heterocycles. The Balaban J connectivity index is 1.94. The Morgan fingerprint density at radius 1 is 1.44 bits per heavy atom. The molecule has 2 rings (SSSR count). The lowest BCUT2D eigenvalue weighted by Gasteiger charge is -2.13. The Morgan fingerprint density at radius 2 is 2.31 bits per heavy atom. The molecule has 1 aliphatic carbocycles. The quantitative estimate of drug-likeness (QED) is 0.874. The van der Waals surface area contributed by atoms with E-state index in [0.717, 1.165) is 11.1 Å². The van der Waals surface area contributed by atoms with Gasteiger partial charge in [0.2, 0.25) is 5.88 Å². The molecular weight excluding hydrogens is 220 g/mol. The summed E-state index contributed by atoms with van der Waals surface area (Å²) in [5, 5.41) is 4.28. The number of rotatable bonds is 4. The van der Waals surface area contributed by atoms with Gasteiger partial charge in [-0.1, -0.05) is 6.07 Å². The molecule has 3 nitrogen and oxygen atoms in total. The highest BCUT2D eigenvalue weighted by molar-refractivity contribution is 7.99. The second-order valence-corrected chi connectivity index (χ2v) is 5.22. The number of aromatic nitrogens is 1. The normalized spacial score (nSPS) is 24.4. The van der Waals surface area contributed by atoms with Crippen LogP contribution in [0.5, 0.6) is 5.88 Å². The molecule has 1 aromatic heterocycles. The van der Waals surface area contributed by atoms with Crippen molar-refractivity contribution in [2.75, 3.05) is 18.7 Å². The van der Waals surface area contributed by atoms with Crippen LogP contribution >= 0.6 is 11.8 Å². The molecule has 1 aromatic rings. The summed E-state index contributed by atoms with van der Waals surface area (Å²) in [5.74, 6) is 1.59. The van der Waals surface area contributed by atoms with Crippen molar-refractivity contribution in [1.29, 1.82) is 0 Å². The predicted octanol–water partition coefficient (Wildman–Crippen LogP) is 2.79. The number of anilines is 1. The smallest absolute Gasteiger partial charge is 0.214 e. The summed E-state index contributed by atoms with van der Waals surface area (Å²) < 4.78 is 5.11. The van der Waals surface area contributed by atoms with Crippen LogP contribution in [0.4, 0.5) is 5.82 Å². The van der Waals surface area contributed by atoms with Crippen molar-refractivity contribution in [2.45, 2.75) is 30.6 Å². The van der Waals surface area contributed by atoms with Gasteiger partial charge in [0.05, 0.1) is 7.11 Å². The molecule has 0 aromatic carbocycles. The second-order valence-electron chi connectivity index (χ2n) is 4.08. The van der Waals surface area contributed by atoms with Crippen LogP contribution in [0.15, 0.2) is 18.2 Å². The lowest BCUT2D eigenvalue weighted by molar-refractivity contribution is 0.398. The Morgan fingerprint density at radius 3 is 3.00 bits per heavy atom. The van der Waals surface area contributed by atoms with Gasteiger partial charge in [-0.15, -0.1) is 0 Å². The number of nitrogens with one attached hydrogen (secondary N) is 1. The van der Waals surface area contributed by atoms with Crippen molar-refractivity contribution in [3.8, 4) is 5.88 Å². The molecule has 0 radical (unpaired) electrons. The van der Waals surface area contributed by atoms with Crippen LogP contribution in [0.25, 0.3) is 0 Å². The zero-order valence-electron chi connectivity index (χ0n) is 9.77. The van der Waals surface area contributed by atoms with E-state index in [0.29, 0.717) is 11.9 Å². The van der Waals surface area contributed by atoms with E-state index in [9.17, 15) is 0 Å². The van der Waals surface area contributed by atoms with E-state index in [1.807, 2.05) is 30.0 Å². The maximum absolute atomic E-state index is 5.11. The van der Waals surface area contributed by atoms with E-state index in [2.05, 4.69) is 16.6 Å². The van der Waals surface area contributed by atoms with Gasteiger partial charge in [-0.3, -0.25) is 0 Å². The first-order valence-electron chi connectivity index (χ1n) is 5.62. The Labute approximate surface area is 101 Å². The third-order valence-electron chi connectivity index (χ3n) is 3.00. The molecule has 88 valence electrons. The van der Waals surface area contributed by atoms with E-state index in [4.69, 9.17) is 4.74 Å². The zero-order chi connectivity index (χ0) is 11.4. The number of nitrogens with zero attached hydrogens (tertiary/aromatic N) is 1. The molecule has 2 unspecified atom stereocenters. The molecule has 0 amide bonds. The first kappa shape index (κ1) is 11.6. The van der Waals surface area contributed by atoms with E-state index < -0.39 is 0 Å². The highest BCUT2D eigenvalue weighted by Gasteiger charge is 2.23. The largest absolute Gasteiger partial charge is 0.481 e. The lowest BCUT2D eigenvalue weighted by atomic mass is 10.2. The van der Waals surface area contributed by atoms with Crippen molar-refractivity contribution in [1.82, 2.24) is 4.98 Å². The van der Waals surface area contributed by atoms with E-state index in [1.54, 1.807) is 7.11 Å². The molecule has 4 heteroatoms. The fourth-order valence-electron chi connectivity index (χ4n) is 2.10. The molecule has 1 saturated carbocycles. The summed E-state index contributed by atoms with van der Waals surface area (Å²) in [6.45, 7) is 0. The number of thioether (sulfide) groups is 1. The van der Waals surface area contributed by atoms with Crippen molar-refractivity contribution in [2.24, 2.45) is 0 Å². The zero-order valence-corrected chi connectivity index (χ0v) is 10.6. The fourth-order valence-corrected chi connectivity index (χ4v) is 2.90. The lowest BCUT2D eigenvalue weighted by Crippen LogP contribution is -2.16. The molecule has 1 aliphatic rings. The standard InChI is InChI=1S/C12H18N2OS/c1-15-12-5-3-4-11(14-12)13-9-6-7-10(8-9)16-2/h3-5,9-10H,6-8H2,1-2H3,(H,13,14). The minimum absolute atomic E-state index is 0.567. The van der Waals surface area contributed by atoms with E-state index >= 15 is 0 Å². The molecule has 1 fully saturated rings. The first-order valence-corrected chi connectivity index (χ1v) is 6.91. The number of hydrogen-bond acceptors (Lipinski definition) is 4. The Kier molecular flexibility index (Phi) is 3.93. The Bertz CT molecular complexity index is 346. The molecule has 0 bridgehead atoms. The Hall–Kier alpha value is -0.900. The highest BCUT2D eigenvalue weighted by atomic mass is 32.2. The van der Waals surface area contributed by atoms with Crippen LogP contribution in [-0.4, -0.2) is 29.6 Å². The van der Waals surface area contributed by atoms with Crippen molar-refractivity contribution in [3.63, 3.8) is 0 Å². The average Bonchev–Trinajstić information content (AvgIpc) is 2.77. The molecule has 1 N–H and O–H groups in total. The van der Waals surface area contributed by atoms with Crippen molar-refractivity contribution in [3.05, 3.63) is 18.2 Å². The average molecular weight is 238 g/mol. The van der Waals surface area contributed by atoms with Gasteiger partial charge in [0.25, 0.3) is 0 Å². The summed E-state index contributed by atoms with van der Waals surface area (Å²) in [4.78, 5) is 4.37. The first-order chi connectivity index (χ1) is 7.81. The third kappa shape index (κ3) is 2.82. The van der Waals surface area contributed by atoms with Crippen LogP contribution in [0.2, 0.25) is 0 Å². The van der Waals surface area contributed by atoms with E-state index in [-0.39, 0.29) is 0 Å². The number of ether oxygens (including phenoxy) is 1. The van der Waals surface area contributed by atoms with Crippen molar-refractivity contribution < 1.29 is 4.74 Å². The number of pyridine rings is 1. The van der Waals surface area contributed by atoms with Crippen LogP contribution in [-0.2, 0) is 0 Å². The SMILES string of the molecule is COc1cccc(NC2CCC(SC)C2)n1. The van der Waals surface area contributed by atoms with Gasteiger partial charge in [0, 0.05) is 17.4 Å². The van der Waals surface area contributed by atoms with Crippen LogP contribution < -0.4 is 10.1 Å². The minimum Gasteiger partial charge on any atom is -0.481 e. The van der Waals surface area contributed by atoms with Gasteiger partial charge >= 0.3 is 0 Å². The molecular formula is C12H18N2OS. The predicted molar refractivity (Wildman–Crippen MR) is 69.4 cm³/mol. The topological polar surface area (TPSA) is 34.1 Å². The maximum atomic E-state index is 5.11. The van der Waals surface area contributed by atoms with Crippen LogP contribution in [0.1, 0.15) is 19.3 Å². The van der Waals surface area contributed by atoms with Gasteiger partial charge in [-0.2, -0.15) is 16.7 Å². The summed E-state index contributed by atoms with van der Waals surface area (Å²) >= 11 is 1.97. The summed E-state index contributed by atoms with van der Waals surface area (Å²) in [6.07, 6.45) is 5.98. The van der Waals surface area contributed by atoms with E-state index in [1.165, 1.54) is 19.3 Å². The van der Waals surface area contributed by atoms with Gasteiger partial charge in [0.1, 0.15) is 5.82 Å². The number of hydrogen-bond donors (Lipinski definition) is 1. The van der Waals surface area contributed by atoms with Crippen molar-refractivity contribution >= 4 is 17.6 Å². The summed E-state index contributed by atoms with van der Waals surface area (Å²) in [6, 6.07) is 6.39. The molecule has 0 aliphatic heterocycles. The maximum Gasteiger partial charge on any atom is 0.214 e. The molecule has 0 spiro atoms. The fraction of sp³-hybridized carbons (Fsp3) is 0.583.